The highest BCUT2D eigenvalue weighted by atomic mass is 16.5. The molecule has 1 aliphatic heterocycles. The van der Waals surface area contributed by atoms with Gasteiger partial charge in [0, 0.05) is 0 Å². The lowest BCUT2D eigenvalue weighted by Crippen LogP contribution is -3.14. The quantitative estimate of drug-likeness (QED) is 0.770. The topological polar surface area (TPSA) is 33.9 Å². The SMILES string of the molecule is CC1CCC(OC[C@@H](O)C[NH+]2CCCCC2)CC1. The zero-order valence-electron chi connectivity index (χ0n) is 11.9. The van der Waals surface area contributed by atoms with Gasteiger partial charge in [0.05, 0.1) is 25.8 Å². The van der Waals surface area contributed by atoms with Crippen molar-refractivity contribution in [2.24, 2.45) is 5.92 Å². The van der Waals surface area contributed by atoms with Gasteiger partial charge in [0.25, 0.3) is 0 Å². The maximum atomic E-state index is 10.0. The van der Waals surface area contributed by atoms with Crippen LogP contribution in [0.2, 0.25) is 0 Å². The third kappa shape index (κ3) is 4.87. The minimum atomic E-state index is -0.266. The van der Waals surface area contributed by atoms with Crippen molar-refractivity contribution < 1.29 is 14.7 Å². The third-order valence-electron chi connectivity index (χ3n) is 4.57. The second kappa shape index (κ2) is 7.46. The number of aliphatic hydroxyl groups is 1. The van der Waals surface area contributed by atoms with Crippen LogP contribution in [0, 0.1) is 5.92 Å². The van der Waals surface area contributed by atoms with Gasteiger partial charge in [-0.3, -0.25) is 0 Å². The fourth-order valence-electron chi connectivity index (χ4n) is 3.29. The number of nitrogens with one attached hydrogen (secondary N) is 1. The van der Waals surface area contributed by atoms with Crippen LogP contribution in [0.25, 0.3) is 0 Å². The molecule has 1 saturated heterocycles. The Morgan fingerprint density at radius 1 is 1.11 bits per heavy atom. The molecule has 0 aromatic heterocycles. The van der Waals surface area contributed by atoms with Crippen molar-refractivity contribution in [3.8, 4) is 0 Å². The molecule has 2 N–H and O–H groups in total. The van der Waals surface area contributed by atoms with Crippen LogP contribution in [0.15, 0.2) is 0 Å². The first-order valence-electron chi connectivity index (χ1n) is 7.87. The Morgan fingerprint density at radius 3 is 2.44 bits per heavy atom. The summed E-state index contributed by atoms with van der Waals surface area (Å²) in [4.78, 5) is 1.56. The van der Waals surface area contributed by atoms with E-state index in [-0.39, 0.29) is 6.10 Å². The Bertz CT molecular complexity index is 221. The summed E-state index contributed by atoms with van der Waals surface area (Å²) in [5.74, 6) is 0.868. The lowest BCUT2D eigenvalue weighted by molar-refractivity contribution is -0.908. The summed E-state index contributed by atoms with van der Waals surface area (Å²) in [6.07, 6.45) is 9.11. The van der Waals surface area contributed by atoms with Crippen LogP contribution in [0.3, 0.4) is 0 Å². The Balaban J connectivity index is 1.57. The van der Waals surface area contributed by atoms with Crippen LogP contribution in [0.4, 0.5) is 0 Å². The summed E-state index contributed by atoms with van der Waals surface area (Å²) in [5.41, 5.74) is 0. The maximum Gasteiger partial charge on any atom is 0.126 e. The van der Waals surface area contributed by atoms with E-state index in [2.05, 4.69) is 6.92 Å². The number of rotatable bonds is 5. The van der Waals surface area contributed by atoms with Gasteiger partial charge >= 0.3 is 0 Å². The fourth-order valence-corrected chi connectivity index (χ4v) is 3.29. The number of piperidine rings is 1. The number of likely N-dealkylation sites (tertiary alicyclic amines) is 1. The molecule has 0 aromatic rings. The molecule has 1 saturated carbocycles. The molecule has 3 heteroatoms. The van der Waals surface area contributed by atoms with Gasteiger partial charge < -0.3 is 14.7 Å². The molecule has 1 heterocycles. The molecule has 1 aliphatic carbocycles. The van der Waals surface area contributed by atoms with Crippen LogP contribution in [0.5, 0.6) is 0 Å². The molecule has 3 nitrogen and oxygen atoms in total. The molecule has 0 spiro atoms. The van der Waals surface area contributed by atoms with E-state index < -0.39 is 0 Å². The second-order valence-electron chi connectivity index (χ2n) is 6.38. The molecule has 1 atom stereocenters. The Kier molecular flexibility index (Phi) is 5.93. The lowest BCUT2D eigenvalue weighted by Gasteiger charge is -2.29. The first-order chi connectivity index (χ1) is 8.74. The number of ether oxygens (including phenoxy) is 1. The summed E-state index contributed by atoms with van der Waals surface area (Å²) in [5, 5.41) is 10.0. The standard InChI is InChI=1S/C15H29NO2/c1-13-5-7-15(8-6-13)18-12-14(17)11-16-9-3-2-4-10-16/h13-15,17H,2-12H2,1H3/p+1/t13?,14-,15?/m0/s1. The van der Waals surface area contributed by atoms with Crippen molar-refractivity contribution in [1.29, 1.82) is 0 Å². The second-order valence-corrected chi connectivity index (χ2v) is 6.38. The van der Waals surface area contributed by atoms with Gasteiger partial charge in [-0.15, -0.1) is 0 Å². The summed E-state index contributed by atoms with van der Waals surface area (Å²) in [6, 6.07) is 0. The van der Waals surface area contributed by atoms with E-state index in [1.807, 2.05) is 0 Å². The van der Waals surface area contributed by atoms with Crippen molar-refractivity contribution in [3.05, 3.63) is 0 Å². The van der Waals surface area contributed by atoms with E-state index in [9.17, 15) is 5.11 Å². The van der Waals surface area contributed by atoms with Crippen molar-refractivity contribution in [1.82, 2.24) is 0 Å². The highest BCUT2D eigenvalue weighted by Gasteiger charge is 2.22. The largest absolute Gasteiger partial charge is 0.385 e. The molecule has 0 radical (unpaired) electrons. The molecule has 0 unspecified atom stereocenters. The number of hydrogen-bond acceptors (Lipinski definition) is 2. The number of aliphatic hydroxyl groups excluding tert-OH is 1. The van der Waals surface area contributed by atoms with Gasteiger partial charge in [0.15, 0.2) is 0 Å². The smallest absolute Gasteiger partial charge is 0.126 e. The Hall–Kier alpha value is -0.120. The first kappa shape index (κ1) is 14.3. The molecule has 2 aliphatic rings. The Labute approximate surface area is 112 Å². The number of quaternary nitrogens is 1. The van der Waals surface area contributed by atoms with Crippen molar-refractivity contribution in [3.63, 3.8) is 0 Å². The predicted molar refractivity (Wildman–Crippen MR) is 72.8 cm³/mol. The van der Waals surface area contributed by atoms with E-state index in [0.29, 0.717) is 12.7 Å². The molecule has 0 bridgehead atoms. The molecular weight excluding hydrogens is 226 g/mol. The first-order valence-corrected chi connectivity index (χ1v) is 7.87. The van der Waals surface area contributed by atoms with Crippen molar-refractivity contribution in [2.45, 2.75) is 64.1 Å². The monoisotopic (exact) mass is 256 g/mol. The van der Waals surface area contributed by atoms with E-state index in [1.54, 1.807) is 4.90 Å². The van der Waals surface area contributed by atoms with Crippen LogP contribution in [-0.4, -0.2) is 43.6 Å². The van der Waals surface area contributed by atoms with Crippen LogP contribution >= 0.6 is 0 Å². The van der Waals surface area contributed by atoms with Crippen LogP contribution < -0.4 is 4.90 Å². The minimum absolute atomic E-state index is 0.266. The van der Waals surface area contributed by atoms with E-state index in [4.69, 9.17) is 4.74 Å². The predicted octanol–water partition coefficient (Wildman–Crippen LogP) is 1.01. The maximum absolute atomic E-state index is 10.0. The normalized spacial score (nSPS) is 32.3. The van der Waals surface area contributed by atoms with Gasteiger partial charge in [0.2, 0.25) is 0 Å². The summed E-state index contributed by atoms with van der Waals surface area (Å²) < 4.78 is 5.87. The molecule has 0 aromatic carbocycles. The summed E-state index contributed by atoms with van der Waals surface area (Å²) in [6.45, 7) is 6.21. The van der Waals surface area contributed by atoms with Gasteiger partial charge in [-0.2, -0.15) is 0 Å². The number of hydrogen-bond donors (Lipinski definition) is 2. The van der Waals surface area contributed by atoms with Gasteiger partial charge in [-0.1, -0.05) is 6.92 Å². The fraction of sp³-hybridized carbons (Fsp3) is 1.00. The van der Waals surface area contributed by atoms with Crippen molar-refractivity contribution in [2.75, 3.05) is 26.2 Å². The minimum Gasteiger partial charge on any atom is -0.385 e. The third-order valence-corrected chi connectivity index (χ3v) is 4.57. The molecule has 0 amide bonds. The molecule has 2 rings (SSSR count). The van der Waals surface area contributed by atoms with Crippen molar-refractivity contribution >= 4 is 0 Å². The van der Waals surface area contributed by atoms with E-state index >= 15 is 0 Å². The Morgan fingerprint density at radius 2 is 1.78 bits per heavy atom. The zero-order chi connectivity index (χ0) is 12.8. The highest BCUT2D eigenvalue weighted by molar-refractivity contribution is 4.70. The molecular formula is C15H30NO2+. The highest BCUT2D eigenvalue weighted by Crippen LogP contribution is 2.25. The van der Waals surface area contributed by atoms with E-state index in [0.717, 1.165) is 12.5 Å². The van der Waals surface area contributed by atoms with Gasteiger partial charge in [-0.05, 0) is 50.9 Å². The summed E-state index contributed by atoms with van der Waals surface area (Å²) >= 11 is 0. The lowest BCUT2D eigenvalue weighted by atomic mass is 9.89. The van der Waals surface area contributed by atoms with Crippen LogP contribution in [0.1, 0.15) is 51.9 Å². The summed E-state index contributed by atoms with van der Waals surface area (Å²) in [7, 11) is 0. The average Bonchev–Trinajstić information content (AvgIpc) is 2.39. The molecule has 2 fully saturated rings. The van der Waals surface area contributed by atoms with Crippen LogP contribution in [-0.2, 0) is 4.74 Å². The van der Waals surface area contributed by atoms with E-state index in [1.165, 1.54) is 58.0 Å². The molecule has 18 heavy (non-hydrogen) atoms. The molecule has 106 valence electrons. The zero-order valence-corrected chi connectivity index (χ0v) is 11.9. The van der Waals surface area contributed by atoms with Gasteiger partial charge in [-0.25, -0.2) is 0 Å². The average molecular weight is 256 g/mol. The van der Waals surface area contributed by atoms with Gasteiger partial charge in [0.1, 0.15) is 12.6 Å².